The number of hydrogen-bond donors (Lipinski definition) is 1. The third-order valence-corrected chi connectivity index (χ3v) is 9.61. The number of rotatable bonds is 13. The largest absolute Gasteiger partial charge is 0.384 e. The number of carbonyl (C=O) groups is 1. The lowest BCUT2D eigenvalue weighted by Gasteiger charge is -2.27. The Morgan fingerprint density at radius 1 is 1.17 bits per heavy atom. The number of ether oxygens (including phenoxy) is 1. The molecule has 0 amide bonds. The molecule has 3 aromatic rings. The van der Waals surface area contributed by atoms with Crippen molar-refractivity contribution in [1.29, 1.82) is 0 Å². The van der Waals surface area contributed by atoms with Crippen molar-refractivity contribution in [3.63, 3.8) is 0 Å². The zero-order valence-electron chi connectivity index (χ0n) is 24.4. The van der Waals surface area contributed by atoms with Crippen LogP contribution in [-0.4, -0.2) is 73.0 Å². The molecule has 2 aromatic heterocycles. The summed E-state index contributed by atoms with van der Waals surface area (Å²) in [7, 11) is 0.0485. The molecule has 5 rings (SSSR count). The number of aldehydes is 1. The van der Waals surface area contributed by atoms with Crippen LogP contribution in [-0.2, 0) is 25.9 Å². The van der Waals surface area contributed by atoms with Gasteiger partial charge in [-0.3, -0.25) is 4.79 Å². The third-order valence-electron chi connectivity index (χ3n) is 7.92. The quantitative estimate of drug-likeness (QED) is 0.177. The van der Waals surface area contributed by atoms with Gasteiger partial charge in [-0.25, -0.2) is 33.3 Å². The SMILES string of the molecule is COCCS(=O)(=O)c1ccc(CN/C(C=O)=N/c2cnc(-c3c(C)ncnc3C3CC3)nc2N(C)C(C)C2CC2)cc1. The van der Waals surface area contributed by atoms with Crippen LogP contribution in [0.5, 0.6) is 0 Å². The fourth-order valence-electron chi connectivity index (χ4n) is 4.90. The molecule has 2 saturated carbocycles. The molecular formula is C30H37N7O4S. The Morgan fingerprint density at radius 3 is 2.55 bits per heavy atom. The summed E-state index contributed by atoms with van der Waals surface area (Å²) < 4.78 is 29.7. The van der Waals surface area contributed by atoms with Gasteiger partial charge in [0, 0.05) is 32.7 Å². The van der Waals surface area contributed by atoms with Gasteiger partial charge in [-0.1, -0.05) is 12.1 Å². The highest BCUT2D eigenvalue weighted by molar-refractivity contribution is 7.91. The van der Waals surface area contributed by atoms with E-state index in [-0.39, 0.29) is 35.7 Å². The predicted molar refractivity (Wildman–Crippen MR) is 161 cm³/mol. The van der Waals surface area contributed by atoms with Gasteiger partial charge in [0.1, 0.15) is 12.0 Å². The summed E-state index contributed by atoms with van der Waals surface area (Å²) in [5.74, 6) is 2.21. The van der Waals surface area contributed by atoms with E-state index < -0.39 is 9.84 Å². The smallest absolute Gasteiger partial charge is 0.185 e. The van der Waals surface area contributed by atoms with Crippen molar-refractivity contribution < 1.29 is 17.9 Å². The van der Waals surface area contributed by atoms with Crippen LogP contribution < -0.4 is 10.2 Å². The molecule has 0 bridgehead atoms. The zero-order chi connectivity index (χ0) is 29.9. The average molecular weight is 592 g/mol. The van der Waals surface area contributed by atoms with E-state index in [1.54, 1.807) is 36.8 Å². The predicted octanol–water partition coefficient (Wildman–Crippen LogP) is 3.79. The number of sulfone groups is 1. The van der Waals surface area contributed by atoms with E-state index in [9.17, 15) is 13.2 Å². The lowest BCUT2D eigenvalue weighted by molar-refractivity contribution is -0.102. The summed E-state index contributed by atoms with van der Waals surface area (Å²) >= 11 is 0. The summed E-state index contributed by atoms with van der Waals surface area (Å²) in [6, 6.07) is 6.79. The van der Waals surface area contributed by atoms with Crippen molar-refractivity contribution >= 4 is 33.5 Å². The number of aliphatic imine (C=N–C) groups is 1. The maximum absolute atomic E-state index is 12.4. The lowest BCUT2D eigenvalue weighted by atomic mass is 10.1. The number of nitrogens with zero attached hydrogens (tertiary/aromatic N) is 6. The Hall–Kier alpha value is -3.77. The summed E-state index contributed by atoms with van der Waals surface area (Å²) in [4.78, 5) is 37.7. The van der Waals surface area contributed by atoms with E-state index in [4.69, 9.17) is 9.72 Å². The van der Waals surface area contributed by atoms with Crippen LogP contribution >= 0.6 is 0 Å². The Kier molecular flexibility index (Phi) is 8.93. The molecule has 222 valence electrons. The van der Waals surface area contributed by atoms with Crippen molar-refractivity contribution in [3.05, 3.63) is 53.7 Å². The number of anilines is 1. The minimum atomic E-state index is -3.42. The van der Waals surface area contributed by atoms with E-state index in [2.05, 4.69) is 37.1 Å². The van der Waals surface area contributed by atoms with Gasteiger partial charge in [-0.05, 0) is 63.1 Å². The fourth-order valence-corrected chi connectivity index (χ4v) is 6.08. The Bertz CT molecular complexity index is 1570. The molecule has 1 unspecified atom stereocenters. The number of aromatic nitrogens is 4. The first-order chi connectivity index (χ1) is 20.2. The zero-order valence-corrected chi connectivity index (χ0v) is 25.3. The van der Waals surface area contributed by atoms with Gasteiger partial charge in [-0.15, -0.1) is 0 Å². The fraction of sp³-hybridized carbons (Fsp3) is 0.467. The first kappa shape index (κ1) is 29.7. The maximum atomic E-state index is 12.4. The van der Waals surface area contributed by atoms with E-state index in [0.29, 0.717) is 35.5 Å². The van der Waals surface area contributed by atoms with Crippen molar-refractivity contribution in [2.45, 2.75) is 62.9 Å². The van der Waals surface area contributed by atoms with Crippen molar-refractivity contribution in [2.75, 3.05) is 31.4 Å². The van der Waals surface area contributed by atoms with Crippen molar-refractivity contribution in [1.82, 2.24) is 25.3 Å². The molecule has 2 fully saturated rings. The lowest BCUT2D eigenvalue weighted by Crippen LogP contribution is -2.32. The molecule has 0 radical (unpaired) electrons. The van der Waals surface area contributed by atoms with Gasteiger partial charge in [-0.2, -0.15) is 0 Å². The van der Waals surface area contributed by atoms with Crippen LogP contribution in [0.1, 0.15) is 55.5 Å². The van der Waals surface area contributed by atoms with Crippen LogP contribution in [0.2, 0.25) is 0 Å². The summed E-state index contributed by atoms with van der Waals surface area (Å²) in [5, 5.41) is 3.06. The maximum Gasteiger partial charge on any atom is 0.185 e. The van der Waals surface area contributed by atoms with Gasteiger partial charge in [0.25, 0.3) is 0 Å². The molecule has 11 nitrogen and oxygen atoms in total. The van der Waals surface area contributed by atoms with E-state index in [1.807, 2.05) is 14.0 Å². The van der Waals surface area contributed by atoms with Crippen LogP contribution in [0.15, 0.2) is 46.7 Å². The Morgan fingerprint density at radius 2 is 1.90 bits per heavy atom. The molecule has 2 heterocycles. The number of benzene rings is 1. The molecule has 1 aromatic carbocycles. The monoisotopic (exact) mass is 591 g/mol. The molecular weight excluding hydrogens is 554 g/mol. The van der Waals surface area contributed by atoms with Gasteiger partial charge >= 0.3 is 0 Å². The second kappa shape index (κ2) is 12.6. The molecule has 0 spiro atoms. The summed E-state index contributed by atoms with van der Waals surface area (Å²) in [5.41, 5.74) is 3.96. The summed E-state index contributed by atoms with van der Waals surface area (Å²) in [6.45, 7) is 4.54. The van der Waals surface area contributed by atoms with Gasteiger partial charge in [0.05, 0.1) is 40.4 Å². The number of aryl methyl sites for hydroxylation is 1. The molecule has 2 aliphatic carbocycles. The molecule has 12 heteroatoms. The molecule has 1 atom stereocenters. The Balaban J connectivity index is 1.41. The first-order valence-electron chi connectivity index (χ1n) is 14.2. The normalized spacial score (nSPS) is 16.2. The van der Waals surface area contributed by atoms with E-state index in [1.165, 1.54) is 20.0 Å². The van der Waals surface area contributed by atoms with Gasteiger partial charge in [0.15, 0.2) is 33.6 Å². The second-order valence-electron chi connectivity index (χ2n) is 11.0. The standard InChI is InChI=1S/C30H37N7O4S/c1-19-27(28(23-9-10-23)34-18-33-19)29-32-16-25(30(36-29)37(3)20(2)22-7-8-22)35-26(17-38)31-15-21-5-11-24(12-6-21)42(39,40)14-13-41-4/h5-6,11-12,16-18,20,22-23H,7-10,13-15H2,1-4H3,(H,31,35). The number of nitrogens with one attached hydrogen (secondary N) is 1. The molecule has 0 aliphatic heterocycles. The molecule has 1 N–H and O–H groups in total. The minimum Gasteiger partial charge on any atom is -0.384 e. The Labute approximate surface area is 246 Å². The molecule has 42 heavy (non-hydrogen) atoms. The second-order valence-corrected chi connectivity index (χ2v) is 13.1. The van der Waals surface area contributed by atoms with E-state index >= 15 is 0 Å². The minimum absolute atomic E-state index is 0.0845. The topological polar surface area (TPSA) is 140 Å². The van der Waals surface area contributed by atoms with Crippen LogP contribution in [0.25, 0.3) is 11.4 Å². The van der Waals surface area contributed by atoms with E-state index in [0.717, 1.165) is 35.4 Å². The van der Waals surface area contributed by atoms with Gasteiger partial charge in [0.2, 0.25) is 0 Å². The first-order valence-corrected chi connectivity index (χ1v) is 15.9. The molecule has 0 saturated heterocycles. The number of methoxy groups -OCH3 is 1. The number of carbonyl (C=O) groups excluding carboxylic acids is 1. The third kappa shape index (κ3) is 6.81. The highest BCUT2D eigenvalue weighted by atomic mass is 32.2. The molecule has 2 aliphatic rings. The van der Waals surface area contributed by atoms with Crippen molar-refractivity contribution in [3.8, 4) is 11.4 Å². The highest BCUT2D eigenvalue weighted by Crippen LogP contribution is 2.44. The van der Waals surface area contributed by atoms with Crippen molar-refractivity contribution in [2.24, 2.45) is 10.9 Å². The van der Waals surface area contributed by atoms with Crippen LogP contribution in [0.3, 0.4) is 0 Å². The number of hydrogen-bond acceptors (Lipinski definition) is 10. The number of amidine groups is 1. The van der Waals surface area contributed by atoms with Gasteiger partial charge < -0.3 is 15.0 Å². The summed E-state index contributed by atoms with van der Waals surface area (Å²) in [6.07, 6.45) is 8.45. The van der Waals surface area contributed by atoms with Crippen LogP contribution in [0.4, 0.5) is 11.5 Å². The van der Waals surface area contributed by atoms with Crippen LogP contribution in [0, 0.1) is 12.8 Å². The average Bonchev–Trinajstić information content (AvgIpc) is 3.91. The highest BCUT2D eigenvalue weighted by Gasteiger charge is 2.33.